The van der Waals surface area contributed by atoms with E-state index in [0.717, 1.165) is 57.1 Å². The molecule has 3 heterocycles. The lowest BCUT2D eigenvalue weighted by molar-refractivity contribution is -0.141. The van der Waals surface area contributed by atoms with Gasteiger partial charge in [-0.15, -0.1) is 0 Å². The van der Waals surface area contributed by atoms with Crippen LogP contribution >= 0.6 is 0 Å². The second-order valence-corrected chi connectivity index (χ2v) is 8.25. The zero-order chi connectivity index (χ0) is 21.4. The number of nitrogens with zero attached hydrogens (tertiary/aromatic N) is 3. The summed E-state index contributed by atoms with van der Waals surface area (Å²) in [6, 6.07) is 11.0. The second-order valence-electron chi connectivity index (χ2n) is 8.25. The molecule has 2 aliphatic rings. The van der Waals surface area contributed by atoms with Crippen LogP contribution in [0, 0.1) is 0 Å². The molecule has 1 fully saturated rings. The number of halogens is 3. The summed E-state index contributed by atoms with van der Waals surface area (Å²) in [5.74, 6) is 0.119. The fourth-order valence-electron chi connectivity index (χ4n) is 4.96. The minimum absolute atomic E-state index is 0.119. The molecule has 1 amide bonds. The van der Waals surface area contributed by atoms with Crippen LogP contribution < -0.4 is 0 Å². The fourth-order valence-corrected chi connectivity index (χ4v) is 4.96. The van der Waals surface area contributed by atoms with Crippen molar-refractivity contribution in [1.29, 1.82) is 0 Å². The third-order valence-corrected chi connectivity index (χ3v) is 6.54. The van der Waals surface area contributed by atoms with Crippen molar-refractivity contribution in [1.82, 2.24) is 14.8 Å². The van der Waals surface area contributed by atoms with E-state index in [4.69, 9.17) is 0 Å². The van der Waals surface area contributed by atoms with Gasteiger partial charge >= 0.3 is 6.18 Å². The Hall–Kier alpha value is -2.41. The van der Waals surface area contributed by atoms with Crippen molar-refractivity contribution in [2.45, 2.75) is 44.3 Å². The van der Waals surface area contributed by atoms with Crippen molar-refractivity contribution < 1.29 is 18.0 Å². The van der Waals surface area contributed by atoms with Crippen LogP contribution in [0.25, 0.3) is 0 Å². The van der Waals surface area contributed by atoms with Crippen LogP contribution in [0.15, 0.2) is 42.6 Å². The number of aromatic nitrogens is 1. The molecular weight excluding hydrogens is 391 g/mol. The van der Waals surface area contributed by atoms with E-state index >= 15 is 0 Å². The van der Waals surface area contributed by atoms with Crippen LogP contribution in [-0.2, 0) is 29.4 Å². The summed E-state index contributed by atoms with van der Waals surface area (Å²) in [5, 5.41) is 0. The molecule has 0 N–H and O–H groups in total. The average molecular weight is 417 g/mol. The van der Waals surface area contributed by atoms with Crippen LogP contribution in [0.4, 0.5) is 13.2 Å². The van der Waals surface area contributed by atoms with Gasteiger partial charge < -0.3 is 9.80 Å². The monoisotopic (exact) mass is 417 g/mol. The molecule has 7 heteroatoms. The number of benzene rings is 1. The zero-order valence-electron chi connectivity index (χ0n) is 17.1. The maximum absolute atomic E-state index is 12.7. The van der Waals surface area contributed by atoms with Gasteiger partial charge in [0.2, 0.25) is 5.91 Å². The van der Waals surface area contributed by atoms with Crippen molar-refractivity contribution in [2.75, 3.05) is 26.2 Å². The minimum atomic E-state index is -4.40. The van der Waals surface area contributed by atoms with Gasteiger partial charge in [0, 0.05) is 39.3 Å². The molecule has 0 unspecified atom stereocenters. The number of hydrogen-bond acceptors (Lipinski definition) is 3. The summed E-state index contributed by atoms with van der Waals surface area (Å²) < 4.78 is 38.0. The van der Waals surface area contributed by atoms with Gasteiger partial charge in [0.25, 0.3) is 0 Å². The number of pyridine rings is 1. The first-order valence-electron chi connectivity index (χ1n) is 10.4. The van der Waals surface area contributed by atoms with E-state index < -0.39 is 11.9 Å². The van der Waals surface area contributed by atoms with Gasteiger partial charge in [-0.25, -0.2) is 0 Å². The molecule has 0 bridgehead atoms. The van der Waals surface area contributed by atoms with Crippen molar-refractivity contribution >= 4 is 5.91 Å². The molecule has 4 rings (SSSR count). The van der Waals surface area contributed by atoms with Crippen molar-refractivity contribution in [2.24, 2.45) is 0 Å². The normalized spacial score (nSPS) is 19.0. The Morgan fingerprint density at radius 3 is 2.47 bits per heavy atom. The van der Waals surface area contributed by atoms with Crippen LogP contribution in [-0.4, -0.2) is 46.9 Å². The number of fused-ring (bicyclic) bond motifs is 2. The topological polar surface area (TPSA) is 36.4 Å². The van der Waals surface area contributed by atoms with Crippen LogP contribution in [0.1, 0.15) is 42.1 Å². The first-order chi connectivity index (χ1) is 14.3. The Morgan fingerprint density at radius 1 is 1.10 bits per heavy atom. The van der Waals surface area contributed by atoms with E-state index in [2.05, 4.69) is 28.1 Å². The predicted octanol–water partition coefficient (Wildman–Crippen LogP) is 4.04. The number of hydrogen-bond donors (Lipinski definition) is 0. The molecule has 4 nitrogen and oxygen atoms in total. The quantitative estimate of drug-likeness (QED) is 0.756. The molecule has 1 aromatic heterocycles. The molecule has 160 valence electrons. The maximum Gasteiger partial charge on any atom is 0.433 e. The van der Waals surface area contributed by atoms with Crippen molar-refractivity contribution in [3.63, 3.8) is 0 Å². The molecule has 2 aromatic rings. The largest absolute Gasteiger partial charge is 0.433 e. The van der Waals surface area contributed by atoms with Crippen LogP contribution in [0.5, 0.6) is 0 Å². The zero-order valence-corrected chi connectivity index (χ0v) is 17.1. The lowest BCUT2D eigenvalue weighted by Gasteiger charge is -2.52. The third-order valence-electron chi connectivity index (χ3n) is 6.54. The molecule has 0 radical (unpaired) electrons. The van der Waals surface area contributed by atoms with Gasteiger partial charge in [-0.3, -0.25) is 9.78 Å². The Labute approximate surface area is 174 Å². The van der Waals surface area contributed by atoms with Gasteiger partial charge in [-0.2, -0.15) is 13.2 Å². The van der Waals surface area contributed by atoms with E-state index in [0.29, 0.717) is 6.42 Å². The first-order valence-corrected chi connectivity index (χ1v) is 10.4. The van der Waals surface area contributed by atoms with Gasteiger partial charge in [0.15, 0.2) is 0 Å². The molecule has 1 saturated heterocycles. The van der Waals surface area contributed by atoms with Crippen molar-refractivity contribution in [3.8, 4) is 0 Å². The third kappa shape index (κ3) is 3.95. The van der Waals surface area contributed by atoms with E-state index in [1.165, 1.54) is 23.4 Å². The summed E-state index contributed by atoms with van der Waals surface area (Å²) in [6.07, 6.45) is 0.207. The number of amides is 1. The number of carbonyl (C=O) groups is 1. The SMILES string of the molecule is CC(=O)N1CCc2ccccc2C12CCN(CCc1ccc(C(F)(F)F)nc1)CC2. The maximum atomic E-state index is 12.7. The Kier molecular flexibility index (Phi) is 5.57. The summed E-state index contributed by atoms with van der Waals surface area (Å²) in [4.78, 5) is 20.3. The highest BCUT2D eigenvalue weighted by atomic mass is 19.4. The Balaban J connectivity index is 1.42. The van der Waals surface area contributed by atoms with Gasteiger partial charge in [0.05, 0.1) is 5.54 Å². The predicted molar refractivity (Wildman–Crippen MR) is 108 cm³/mol. The number of likely N-dealkylation sites (tertiary alicyclic amines) is 1. The lowest BCUT2D eigenvalue weighted by atomic mass is 9.74. The molecule has 0 saturated carbocycles. The molecule has 1 spiro atoms. The highest BCUT2D eigenvalue weighted by Crippen LogP contribution is 2.43. The summed E-state index contributed by atoms with van der Waals surface area (Å²) >= 11 is 0. The van der Waals surface area contributed by atoms with E-state index in [9.17, 15) is 18.0 Å². The highest BCUT2D eigenvalue weighted by molar-refractivity contribution is 5.75. The van der Waals surface area contributed by atoms with Gasteiger partial charge in [0.1, 0.15) is 5.69 Å². The van der Waals surface area contributed by atoms with Crippen LogP contribution in [0.2, 0.25) is 0 Å². The molecule has 0 aliphatic carbocycles. The Bertz CT molecular complexity index is 903. The number of rotatable bonds is 3. The first kappa shape index (κ1) is 20.8. The van der Waals surface area contributed by atoms with Crippen molar-refractivity contribution in [3.05, 3.63) is 65.0 Å². The average Bonchev–Trinajstić information content (AvgIpc) is 2.73. The number of piperidine rings is 1. The van der Waals surface area contributed by atoms with Gasteiger partial charge in [-0.1, -0.05) is 30.3 Å². The fraction of sp³-hybridized carbons (Fsp3) is 0.478. The van der Waals surface area contributed by atoms with E-state index in [1.807, 2.05) is 11.0 Å². The number of alkyl halides is 3. The smallest absolute Gasteiger partial charge is 0.333 e. The summed E-state index contributed by atoms with van der Waals surface area (Å²) in [6.45, 7) is 4.88. The highest BCUT2D eigenvalue weighted by Gasteiger charge is 2.45. The van der Waals surface area contributed by atoms with E-state index in [1.54, 1.807) is 6.92 Å². The Morgan fingerprint density at radius 2 is 1.83 bits per heavy atom. The molecule has 0 atom stereocenters. The second kappa shape index (κ2) is 8.02. The standard InChI is InChI=1S/C23H26F3N3O/c1-17(30)29-13-9-19-4-2-3-5-20(19)22(29)10-14-28(15-11-22)12-8-18-6-7-21(27-16-18)23(24,25)26/h2-7,16H,8-15H2,1H3. The minimum Gasteiger partial charge on any atom is -0.333 e. The molecule has 2 aliphatic heterocycles. The summed E-state index contributed by atoms with van der Waals surface area (Å²) in [5.41, 5.74) is 2.31. The molecular formula is C23H26F3N3O. The summed E-state index contributed by atoms with van der Waals surface area (Å²) in [7, 11) is 0. The van der Waals surface area contributed by atoms with Gasteiger partial charge in [-0.05, 0) is 48.4 Å². The molecule has 30 heavy (non-hydrogen) atoms. The molecule has 1 aromatic carbocycles. The van der Waals surface area contributed by atoms with E-state index in [-0.39, 0.29) is 11.4 Å². The number of carbonyl (C=O) groups excluding carboxylic acids is 1. The van der Waals surface area contributed by atoms with Crippen LogP contribution in [0.3, 0.4) is 0 Å². The lowest BCUT2D eigenvalue weighted by Crippen LogP contribution is -2.57.